The van der Waals surface area contributed by atoms with Crippen molar-refractivity contribution in [3.05, 3.63) is 26.7 Å². The van der Waals surface area contributed by atoms with Gasteiger partial charge in [-0.15, -0.1) is 0 Å². The lowest BCUT2D eigenvalue weighted by Crippen LogP contribution is -2.35. The molecule has 1 amide bonds. The molecule has 0 radical (unpaired) electrons. The summed E-state index contributed by atoms with van der Waals surface area (Å²) in [5, 5.41) is 0. The van der Waals surface area contributed by atoms with Crippen LogP contribution in [0.4, 0.5) is 0 Å². The van der Waals surface area contributed by atoms with Crippen LogP contribution in [0.3, 0.4) is 0 Å². The summed E-state index contributed by atoms with van der Waals surface area (Å²) in [4.78, 5) is 47.5. The number of unbranched alkanes of at least 4 members (excludes halogenated alkanes) is 1. The molecule has 1 fully saturated rings. The van der Waals surface area contributed by atoms with Crippen molar-refractivity contribution in [2.75, 3.05) is 6.54 Å². The number of aromatic amines is 1. The number of amides is 1. The number of imidazole rings is 1. The molecule has 3 rings (SSSR count). The molecular weight excluding hydrogens is 406 g/mol. The highest BCUT2D eigenvalue weighted by Gasteiger charge is 2.32. The molecule has 0 saturated heterocycles. The lowest BCUT2D eigenvalue weighted by molar-refractivity contribution is -0.131. The molecule has 178 valence electrons. The summed E-state index contributed by atoms with van der Waals surface area (Å²) in [6, 6.07) is 0.387. The standard InChI is InChI=1S/C24H39N5O3/c1-6-7-13-28-22-21(23(31)26-24(28)32)29(15-17(4)5)19(25-22)10-11-20(30)27(18-8-9-18)14-12-16(2)3/h16-18H,6-15H2,1-5H3,(H,26,31,32). The molecule has 0 aromatic carbocycles. The molecule has 0 aliphatic heterocycles. The van der Waals surface area contributed by atoms with Gasteiger partial charge in [-0.1, -0.05) is 41.0 Å². The van der Waals surface area contributed by atoms with E-state index in [1.54, 1.807) is 4.57 Å². The van der Waals surface area contributed by atoms with E-state index in [9.17, 15) is 14.4 Å². The zero-order chi connectivity index (χ0) is 23.4. The zero-order valence-electron chi connectivity index (χ0n) is 20.3. The second-order valence-corrected chi connectivity index (χ2v) is 9.97. The zero-order valence-corrected chi connectivity index (χ0v) is 20.3. The van der Waals surface area contributed by atoms with E-state index in [-0.39, 0.29) is 5.91 Å². The lowest BCUT2D eigenvalue weighted by atomic mass is 10.1. The van der Waals surface area contributed by atoms with Gasteiger partial charge in [-0.25, -0.2) is 9.78 Å². The predicted molar refractivity (Wildman–Crippen MR) is 127 cm³/mol. The van der Waals surface area contributed by atoms with Crippen molar-refractivity contribution in [1.82, 2.24) is 24.0 Å². The number of aromatic nitrogens is 4. The minimum Gasteiger partial charge on any atom is -0.340 e. The highest BCUT2D eigenvalue weighted by Crippen LogP contribution is 2.28. The molecule has 0 unspecified atom stereocenters. The monoisotopic (exact) mass is 445 g/mol. The Labute approximate surface area is 190 Å². The van der Waals surface area contributed by atoms with Crippen molar-refractivity contribution in [1.29, 1.82) is 0 Å². The van der Waals surface area contributed by atoms with Crippen LogP contribution >= 0.6 is 0 Å². The molecule has 2 aromatic rings. The number of rotatable bonds is 12. The molecule has 1 aliphatic carbocycles. The Morgan fingerprint density at radius 2 is 1.88 bits per heavy atom. The maximum atomic E-state index is 13.1. The van der Waals surface area contributed by atoms with Gasteiger partial charge in [0.1, 0.15) is 5.82 Å². The smallest absolute Gasteiger partial charge is 0.330 e. The van der Waals surface area contributed by atoms with Gasteiger partial charge < -0.3 is 9.47 Å². The Hall–Kier alpha value is -2.38. The molecular formula is C24H39N5O3. The van der Waals surface area contributed by atoms with Crippen molar-refractivity contribution >= 4 is 17.1 Å². The number of nitrogens with zero attached hydrogens (tertiary/aromatic N) is 4. The molecule has 8 heteroatoms. The highest BCUT2D eigenvalue weighted by molar-refractivity contribution is 5.77. The fourth-order valence-corrected chi connectivity index (χ4v) is 4.15. The largest absolute Gasteiger partial charge is 0.340 e. The SMILES string of the molecule is CCCCn1c(=O)[nH]c(=O)c2c1nc(CCC(=O)N(CCC(C)C)C1CC1)n2CC(C)C. The van der Waals surface area contributed by atoms with E-state index in [2.05, 4.69) is 39.6 Å². The van der Waals surface area contributed by atoms with E-state index < -0.39 is 11.2 Å². The van der Waals surface area contributed by atoms with E-state index in [1.807, 2.05) is 9.47 Å². The third-order valence-corrected chi connectivity index (χ3v) is 6.07. The fraction of sp³-hybridized carbons (Fsp3) is 0.750. The van der Waals surface area contributed by atoms with Crippen LogP contribution in [0.15, 0.2) is 9.59 Å². The molecule has 2 heterocycles. The Kier molecular flexibility index (Phi) is 7.96. The number of aryl methyl sites for hydroxylation is 2. The first-order valence-electron chi connectivity index (χ1n) is 12.2. The summed E-state index contributed by atoms with van der Waals surface area (Å²) in [5.74, 6) is 1.73. The van der Waals surface area contributed by atoms with E-state index >= 15 is 0 Å². The maximum Gasteiger partial charge on any atom is 0.330 e. The number of fused-ring (bicyclic) bond motifs is 1. The summed E-state index contributed by atoms with van der Waals surface area (Å²) < 4.78 is 3.49. The maximum absolute atomic E-state index is 13.1. The summed E-state index contributed by atoms with van der Waals surface area (Å²) in [5.41, 5.74) is 0.0613. The van der Waals surface area contributed by atoms with Crippen molar-refractivity contribution < 1.29 is 4.79 Å². The molecule has 0 spiro atoms. The quantitative estimate of drug-likeness (QED) is 0.542. The summed E-state index contributed by atoms with van der Waals surface area (Å²) in [7, 11) is 0. The Bertz CT molecular complexity index is 1040. The Balaban J connectivity index is 1.91. The van der Waals surface area contributed by atoms with Crippen LogP contribution in [-0.4, -0.2) is 42.5 Å². The van der Waals surface area contributed by atoms with Crippen LogP contribution in [0.2, 0.25) is 0 Å². The second kappa shape index (κ2) is 10.5. The van der Waals surface area contributed by atoms with Crippen LogP contribution in [0.25, 0.3) is 11.2 Å². The van der Waals surface area contributed by atoms with Gasteiger partial charge in [0, 0.05) is 38.5 Å². The normalized spacial score (nSPS) is 14.1. The average Bonchev–Trinajstić information content (AvgIpc) is 3.48. The molecule has 1 N–H and O–H groups in total. The lowest BCUT2D eigenvalue weighted by Gasteiger charge is -2.23. The van der Waals surface area contributed by atoms with E-state index in [4.69, 9.17) is 4.98 Å². The van der Waals surface area contributed by atoms with Gasteiger partial charge in [-0.05, 0) is 37.5 Å². The molecule has 1 saturated carbocycles. The number of nitrogens with one attached hydrogen (secondary N) is 1. The van der Waals surface area contributed by atoms with Crippen molar-refractivity contribution in [3.8, 4) is 0 Å². The molecule has 0 bridgehead atoms. The first-order valence-corrected chi connectivity index (χ1v) is 12.2. The predicted octanol–water partition coefficient (Wildman–Crippen LogP) is 3.31. The third-order valence-electron chi connectivity index (χ3n) is 6.07. The molecule has 1 aliphatic rings. The summed E-state index contributed by atoms with van der Waals surface area (Å²) in [6.45, 7) is 12.5. The van der Waals surface area contributed by atoms with Crippen LogP contribution in [-0.2, 0) is 24.3 Å². The van der Waals surface area contributed by atoms with Crippen molar-refractivity contribution in [2.24, 2.45) is 11.8 Å². The van der Waals surface area contributed by atoms with Gasteiger partial charge in [0.05, 0.1) is 0 Å². The summed E-state index contributed by atoms with van der Waals surface area (Å²) in [6.07, 6.45) is 5.79. The van der Waals surface area contributed by atoms with Gasteiger partial charge in [0.2, 0.25) is 5.91 Å². The molecule has 2 aromatic heterocycles. The van der Waals surface area contributed by atoms with Crippen molar-refractivity contribution in [3.63, 3.8) is 0 Å². The highest BCUT2D eigenvalue weighted by atomic mass is 16.2. The topological polar surface area (TPSA) is 93.0 Å². The van der Waals surface area contributed by atoms with Gasteiger partial charge in [-0.2, -0.15) is 0 Å². The Morgan fingerprint density at radius 1 is 1.16 bits per heavy atom. The fourth-order valence-electron chi connectivity index (χ4n) is 4.15. The van der Waals surface area contributed by atoms with Gasteiger partial charge in [0.15, 0.2) is 11.2 Å². The van der Waals surface area contributed by atoms with Crippen LogP contribution in [0.1, 0.15) is 79.0 Å². The van der Waals surface area contributed by atoms with Gasteiger partial charge in [0.25, 0.3) is 5.56 Å². The van der Waals surface area contributed by atoms with Crippen LogP contribution in [0.5, 0.6) is 0 Å². The van der Waals surface area contributed by atoms with E-state index in [0.717, 1.165) is 38.6 Å². The first-order chi connectivity index (χ1) is 15.2. The minimum absolute atomic E-state index is 0.161. The third kappa shape index (κ3) is 5.70. The first kappa shape index (κ1) is 24.3. The van der Waals surface area contributed by atoms with Crippen LogP contribution < -0.4 is 11.2 Å². The van der Waals surface area contributed by atoms with E-state index in [1.165, 1.54) is 0 Å². The van der Waals surface area contributed by atoms with E-state index in [0.29, 0.717) is 60.8 Å². The summed E-state index contributed by atoms with van der Waals surface area (Å²) >= 11 is 0. The number of hydrogen-bond donors (Lipinski definition) is 1. The molecule has 0 atom stereocenters. The van der Waals surface area contributed by atoms with Crippen molar-refractivity contribution in [2.45, 2.75) is 98.7 Å². The second-order valence-electron chi connectivity index (χ2n) is 9.97. The Morgan fingerprint density at radius 3 is 2.47 bits per heavy atom. The molecule has 32 heavy (non-hydrogen) atoms. The van der Waals surface area contributed by atoms with Gasteiger partial charge in [-0.3, -0.25) is 19.1 Å². The number of carbonyl (C=O) groups excluding carboxylic acids is 1. The number of hydrogen-bond acceptors (Lipinski definition) is 4. The number of H-pyrrole nitrogens is 1. The minimum atomic E-state index is -0.415. The van der Waals surface area contributed by atoms with Gasteiger partial charge >= 0.3 is 5.69 Å². The average molecular weight is 446 g/mol. The molecule has 8 nitrogen and oxygen atoms in total. The van der Waals surface area contributed by atoms with Crippen LogP contribution in [0, 0.1) is 11.8 Å². The number of carbonyl (C=O) groups is 1.